The summed E-state index contributed by atoms with van der Waals surface area (Å²) in [6, 6.07) is 0. The van der Waals surface area contributed by atoms with Gasteiger partial charge in [0.25, 0.3) is 0 Å². The van der Waals surface area contributed by atoms with Crippen LogP contribution >= 0.6 is 0 Å². The summed E-state index contributed by atoms with van der Waals surface area (Å²) >= 11 is 0. The van der Waals surface area contributed by atoms with Gasteiger partial charge in [-0.25, -0.2) is 0 Å². The lowest BCUT2D eigenvalue weighted by Crippen LogP contribution is -2.47. The first-order valence-corrected chi connectivity index (χ1v) is 5.61. The molecule has 0 atom stereocenters. The van der Waals surface area contributed by atoms with Crippen LogP contribution in [0.25, 0.3) is 0 Å². The summed E-state index contributed by atoms with van der Waals surface area (Å²) in [5, 5.41) is 14.4. The van der Waals surface area contributed by atoms with Crippen molar-refractivity contribution >= 4 is 11.9 Å². The molecule has 0 rings (SSSR count). The number of hydrogen-bond acceptors (Lipinski definition) is 3. The standard InChI is InChI=1S/C11H22N2O3/c1-4-7-12-8-9(14)13-11(2,3)6-5-10(15)16/h12H,4-8H2,1-3H3,(H,13,14)(H,15,16). The van der Waals surface area contributed by atoms with Gasteiger partial charge in [0.05, 0.1) is 6.54 Å². The van der Waals surface area contributed by atoms with Gasteiger partial charge in [-0.15, -0.1) is 0 Å². The minimum Gasteiger partial charge on any atom is -0.481 e. The van der Waals surface area contributed by atoms with Crippen molar-refractivity contribution in [2.45, 2.75) is 45.6 Å². The molecular weight excluding hydrogens is 208 g/mol. The molecular formula is C11H22N2O3. The van der Waals surface area contributed by atoms with Gasteiger partial charge in [-0.1, -0.05) is 6.92 Å². The molecule has 0 aliphatic carbocycles. The van der Waals surface area contributed by atoms with Gasteiger partial charge in [-0.3, -0.25) is 9.59 Å². The van der Waals surface area contributed by atoms with Crippen molar-refractivity contribution in [1.82, 2.24) is 10.6 Å². The lowest BCUT2D eigenvalue weighted by atomic mass is 9.98. The van der Waals surface area contributed by atoms with E-state index in [9.17, 15) is 9.59 Å². The molecule has 5 nitrogen and oxygen atoms in total. The molecule has 0 heterocycles. The molecule has 0 aliphatic rings. The van der Waals surface area contributed by atoms with E-state index in [-0.39, 0.29) is 18.9 Å². The zero-order valence-electron chi connectivity index (χ0n) is 10.3. The van der Waals surface area contributed by atoms with E-state index in [1.807, 2.05) is 20.8 Å². The van der Waals surface area contributed by atoms with E-state index in [0.29, 0.717) is 6.42 Å². The van der Waals surface area contributed by atoms with Crippen LogP contribution in [0.3, 0.4) is 0 Å². The SMILES string of the molecule is CCCNCC(=O)NC(C)(C)CCC(=O)O. The molecule has 0 bridgehead atoms. The molecule has 0 radical (unpaired) electrons. The number of rotatable bonds is 8. The van der Waals surface area contributed by atoms with Crippen molar-refractivity contribution in [1.29, 1.82) is 0 Å². The van der Waals surface area contributed by atoms with Crippen molar-refractivity contribution in [3.8, 4) is 0 Å². The fourth-order valence-corrected chi connectivity index (χ4v) is 1.28. The molecule has 0 saturated heterocycles. The number of carboxylic acid groups (broad SMARTS) is 1. The van der Waals surface area contributed by atoms with Crippen LogP contribution < -0.4 is 10.6 Å². The molecule has 0 aromatic rings. The van der Waals surface area contributed by atoms with Crippen molar-refractivity contribution in [2.75, 3.05) is 13.1 Å². The van der Waals surface area contributed by atoms with Crippen molar-refractivity contribution in [2.24, 2.45) is 0 Å². The van der Waals surface area contributed by atoms with Crippen molar-refractivity contribution in [3.63, 3.8) is 0 Å². The van der Waals surface area contributed by atoms with E-state index in [4.69, 9.17) is 5.11 Å². The fourth-order valence-electron chi connectivity index (χ4n) is 1.28. The first-order chi connectivity index (χ1) is 7.37. The Bertz CT molecular complexity index is 239. The van der Waals surface area contributed by atoms with E-state index in [1.54, 1.807) is 0 Å². The van der Waals surface area contributed by atoms with E-state index >= 15 is 0 Å². The summed E-state index contributed by atoms with van der Waals surface area (Å²) in [5.74, 6) is -0.935. The van der Waals surface area contributed by atoms with E-state index in [0.717, 1.165) is 13.0 Å². The molecule has 1 amide bonds. The third-order valence-corrected chi connectivity index (χ3v) is 2.15. The molecule has 94 valence electrons. The average Bonchev–Trinajstić information content (AvgIpc) is 2.15. The molecule has 5 heteroatoms. The highest BCUT2D eigenvalue weighted by atomic mass is 16.4. The maximum absolute atomic E-state index is 11.5. The van der Waals surface area contributed by atoms with Gasteiger partial charge in [-0.2, -0.15) is 0 Å². The summed E-state index contributed by atoms with van der Waals surface area (Å²) in [4.78, 5) is 21.9. The second-order valence-corrected chi connectivity index (χ2v) is 4.50. The Morgan fingerprint density at radius 3 is 2.44 bits per heavy atom. The minimum absolute atomic E-state index is 0.0651. The van der Waals surface area contributed by atoms with Crippen molar-refractivity contribution in [3.05, 3.63) is 0 Å². The van der Waals surface area contributed by atoms with Gasteiger partial charge in [0.2, 0.25) is 5.91 Å². The number of carbonyl (C=O) groups excluding carboxylic acids is 1. The van der Waals surface area contributed by atoms with E-state index < -0.39 is 11.5 Å². The Morgan fingerprint density at radius 1 is 1.31 bits per heavy atom. The van der Waals surface area contributed by atoms with Crippen LogP contribution in [0.15, 0.2) is 0 Å². The highest BCUT2D eigenvalue weighted by Crippen LogP contribution is 2.10. The number of nitrogens with one attached hydrogen (secondary N) is 2. The third-order valence-electron chi connectivity index (χ3n) is 2.15. The first-order valence-electron chi connectivity index (χ1n) is 5.61. The van der Waals surface area contributed by atoms with Gasteiger partial charge in [0, 0.05) is 12.0 Å². The highest BCUT2D eigenvalue weighted by Gasteiger charge is 2.20. The Kier molecular flexibility index (Phi) is 6.72. The maximum Gasteiger partial charge on any atom is 0.303 e. The summed E-state index contributed by atoms with van der Waals surface area (Å²) < 4.78 is 0. The number of carbonyl (C=O) groups is 2. The van der Waals surface area contributed by atoms with Crippen LogP contribution in [-0.2, 0) is 9.59 Å². The van der Waals surface area contributed by atoms with Gasteiger partial charge >= 0.3 is 5.97 Å². The van der Waals surface area contributed by atoms with Gasteiger partial charge in [0.15, 0.2) is 0 Å². The Balaban J connectivity index is 3.85. The predicted octanol–water partition coefficient (Wildman–Crippen LogP) is 0.746. The van der Waals surface area contributed by atoms with E-state index in [2.05, 4.69) is 10.6 Å². The first kappa shape index (κ1) is 14.9. The molecule has 3 N–H and O–H groups in total. The molecule has 0 aromatic heterocycles. The smallest absolute Gasteiger partial charge is 0.303 e. The van der Waals surface area contributed by atoms with Crippen LogP contribution in [0.2, 0.25) is 0 Å². The Hall–Kier alpha value is -1.10. The van der Waals surface area contributed by atoms with Gasteiger partial charge in [0.1, 0.15) is 0 Å². The van der Waals surface area contributed by atoms with Crippen LogP contribution in [0.1, 0.15) is 40.0 Å². The lowest BCUT2D eigenvalue weighted by Gasteiger charge is -2.25. The number of aliphatic carboxylic acids is 1. The Morgan fingerprint density at radius 2 is 1.94 bits per heavy atom. The normalized spacial score (nSPS) is 11.2. The predicted molar refractivity (Wildman–Crippen MR) is 62.3 cm³/mol. The van der Waals surface area contributed by atoms with Crippen LogP contribution in [0.4, 0.5) is 0 Å². The minimum atomic E-state index is -0.841. The number of carboxylic acids is 1. The highest BCUT2D eigenvalue weighted by molar-refractivity contribution is 5.78. The topological polar surface area (TPSA) is 78.4 Å². The largest absolute Gasteiger partial charge is 0.481 e. The molecule has 16 heavy (non-hydrogen) atoms. The molecule has 0 aromatic carbocycles. The summed E-state index contributed by atoms with van der Waals surface area (Å²) in [7, 11) is 0. The van der Waals surface area contributed by atoms with Crippen LogP contribution in [0.5, 0.6) is 0 Å². The maximum atomic E-state index is 11.5. The van der Waals surface area contributed by atoms with Gasteiger partial charge < -0.3 is 15.7 Å². The molecule has 0 fully saturated rings. The summed E-state index contributed by atoms with van der Waals surface area (Å²) in [5.41, 5.74) is -0.469. The quantitative estimate of drug-likeness (QED) is 0.538. The van der Waals surface area contributed by atoms with Crippen LogP contribution in [0, 0.1) is 0 Å². The third kappa shape index (κ3) is 8.23. The number of hydrogen-bond donors (Lipinski definition) is 3. The summed E-state index contributed by atoms with van der Waals surface area (Å²) in [6.07, 6.45) is 1.48. The zero-order chi connectivity index (χ0) is 12.6. The molecule has 0 aliphatic heterocycles. The average molecular weight is 230 g/mol. The molecule has 0 spiro atoms. The van der Waals surface area contributed by atoms with Gasteiger partial charge in [-0.05, 0) is 33.2 Å². The van der Waals surface area contributed by atoms with E-state index in [1.165, 1.54) is 0 Å². The lowest BCUT2D eigenvalue weighted by molar-refractivity contribution is -0.137. The van der Waals surface area contributed by atoms with Crippen molar-refractivity contribution < 1.29 is 14.7 Å². The van der Waals surface area contributed by atoms with Crippen LogP contribution in [-0.4, -0.2) is 35.6 Å². The second-order valence-electron chi connectivity index (χ2n) is 4.50. The fraction of sp³-hybridized carbons (Fsp3) is 0.818. The summed E-state index contributed by atoms with van der Waals surface area (Å²) in [6.45, 7) is 6.77. The zero-order valence-corrected chi connectivity index (χ0v) is 10.3. The molecule has 0 unspecified atom stereocenters. The Labute approximate surface area is 96.6 Å². The monoisotopic (exact) mass is 230 g/mol. The number of amides is 1. The second kappa shape index (κ2) is 7.22. The molecule has 0 saturated carbocycles.